The Hall–Kier alpha value is -4.26. The number of nitriles is 1. The molecule has 0 bridgehead atoms. The number of non-ortho nitro benzene ring substituents is 1. The van der Waals surface area contributed by atoms with Crippen molar-refractivity contribution in [2.45, 2.75) is 13.5 Å². The highest BCUT2D eigenvalue weighted by molar-refractivity contribution is 5.57. The zero-order chi connectivity index (χ0) is 20.3. The zero-order valence-corrected chi connectivity index (χ0v) is 14.6. The number of rotatable bonds is 5. The minimum absolute atomic E-state index is 0.105. The van der Waals surface area contributed by atoms with Crippen LogP contribution in [0.1, 0.15) is 16.9 Å². The van der Waals surface area contributed by atoms with Gasteiger partial charge in [-0.2, -0.15) is 10.4 Å². The number of furan rings is 1. The molecule has 0 atom stereocenters. The maximum Gasteiger partial charge on any atom is 0.281 e. The number of azo groups is 1. The van der Waals surface area contributed by atoms with Crippen molar-refractivity contribution in [1.82, 2.24) is 4.57 Å². The quantitative estimate of drug-likeness (QED) is 0.406. The fraction of sp³-hybridized carbons (Fsp3) is 0.111. The number of benzene rings is 1. The van der Waals surface area contributed by atoms with Gasteiger partial charge < -0.3 is 9.52 Å². The average Bonchev–Trinajstić information content (AvgIpc) is 3.19. The molecule has 28 heavy (non-hydrogen) atoms. The lowest BCUT2D eigenvalue weighted by Crippen LogP contribution is -2.22. The molecule has 1 N–H and O–H groups in total. The van der Waals surface area contributed by atoms with Gasteiger partial charge in [0.2, 0.25) is 5.88 Å². The van der Waals surface area contributed by atoms with Crippen LogP contribution in [0.15, 0.2) is 62.1 Å². The standard InChI is InChI=1S/C18H13N5O5/c1-11-15(9-19)17(24)22(10-14-6-3-7-28-14)18(25)16(11)21-20-12-4-2-5-13(8-12)23(26)27/h2-8,24H,10H2,1H3. The summed E-state index contributed by atoms with van der Waals surface area (Å²) in [5, 5.41) is 38.3. The molecule has 0 aliphatic heterocycles. The van der Waals surface area contributed by atoms with Gasteiger partial charge in [0.25, 0.3) is 11.2 Å². The molecule has 1 aromatic carbocycles. The Kier molecular flexibility index (Phi) is 4.99. The van der Waals surface area contributed by atoms with Crippen LogP contribution in [-0.2, 0) is 6.54 Å². The van der Waals surface area contributed by atoms with Gasteiger partial charge in [0.05, 0.1) is 23.4 Å². The van der Waals surface area contributed by atoms with Crippen LogP contribution in [0.2, 0.25) is 0 Å². The smallest absolute Gasteiger partial charge is 0.281 e. The second-order valence-corrected chi connectivity index (χ2v) is 5.73. The maximum atomic E-state index is 12.8. The summed E-state index contributed by atoms with van der Waals surface area (Å²) >= 11 is 0. The summed E-state index contributed by atoms with van der Waals surface area (Å²) in [6.45, 7) is 1.35. The molecule has 2 heterocycles. The number of hydrogen-bond acceptors (Lipinski definition) is 8. The van der Waals surface area contributed by atoms with Crippen molar-refractivity contribution in [2.24, 2.45) is 10.2 Å². The Balaban J connectivity index is 2.10. The van der Waals surface area contributed by atoms with E-state index in [9.17, 15) is 25.3 Å². The number of nitro groups is 1. The summed E-state index contributed by atoms with van der Waals surface area (Å²) in [6, 6.07) is 10.5. The van der Waals surface area contributed by atoms with Crippen molar-refractivity contribution in [1.29, 1.82) is 5.26 Å². The van der Waals surface area contributed by atoms with E-state index in [0.717, 1.165) is 4.57 Å². The number of aromatic nitrogens is 1. The van der Waals surface area contributed by atoms with Gasteiger partial charge in [-0.15, -0.1) is 5.11 Å². The highest BCUT2D eigenvalue weighted by atomic mass is 16.6. The van der Waals surface area contributed by atoms with E-state index in [1.54, 1.807) is 12.1 Å². The Morgan fingerprint density at radius 3 is 2.75 bits per heavy atom. The van der Waals surface area contributed by atoms with Crippen molar-refractivity contribution >= 4 is 17.1 Å². The largest absolute Gasteiger partial charge is 0.493 e. The lowest BCUT2D eigenvalue weighted by atomic mass is 10.1. The van der Waals surface area contributed by atoms with Crippen molar-refractivity contribution in [3.63, 3.8) is 0 Å². The van der Waals surface area contributed by atoms with Crippen LogP contribution < -0.4 is 5.56 Å². The summed E-state index contributed by atoms with van der Waals surface area (Å²) in [4.78, 5) is 23.1. The third-order valence-corrected chi connectivity index (χ3v) is 3.97. The Bertz CT molecular complexity index is 1170. The number of nitro benzene ring substituents is 1. The third kappa shape index (κ3) is 3.49. The van der Waals surface area contributed by atoms with E-state index in [-0.39, 0.29) is 34.7 Å². The normalized spacial score (nSPS) is 10.9. The molecule has 2 aromatic heterocycles. The first kappa shape index (κ1) is 18.5. The Morgan fingerprint density at radius 1 is 1.32 bits per heavy atom. The van der Waals surface area contributed by atoms with E-state index in [0.29, 0.717) is 5.76 Å². The predicted octanol–water partition coefficient (Wildman–Crippen LogP) is 3.70. The molecule has 0 saturated carbocycles. The molecule has 0 fully saturated rings. The maximum absolute atomic E-state index is 12.8. The monoisotopic (exact) mass is 379 g/mol. The number of nitrogens with zero attached hydrogens (tertiary/aromatic N) is 5. The van der Waals surface area contributed by atoms with Crippen LogP contribution in [0, 0.1) is 28.4 Å². The molecule has 0 unspecified atom stereocenters. The molecule has 3 aromatic rings. The van der Waals surface area contributed by atoms with E-state index in [1.165, 1.54) is 37.5 Å². The number of aromatic hydroxyl groups is 1. The van der Waals surface area contributed by atoms with Crippen molar-refractivity contribution in [3.05, 3.63) is 80.0 Å². The minimum atomic E-state index is -0.681. The highest BCUT2D eigenvalue weighted by Crippen LogP contribution is 2.28. The van der Waals surface area contributed by atoms with Gasteiger partial charge in [-0.1, -0.05) is 6.07 Å². The van der Waals surface area contributed by atoms with Crippen LogP contribution in [-0.4, -0.2) is 14.6 Å². The summed E-state index contributed by atoms with van der Waals surface area (Å²) in [5.74, 6) is -0.109. The molecule has 0 aliphatic rings. The topological polar surface area (TPSA) is 147 Å². The Morgan fingerprint density at radius 2 is 2.11 bits per heavy atom. The molecular formula is C18H13N5O5. The number of pyridine rings is 1. The highest BCUT2D eigenvalue weighted by Gasteiger charge is 2.20. The second kappa shape index (κ2) is 7.55. The van der Waals surface area contributed by atoms with E-state index in [4.69, 9.17) is 4.42 Å². The zero-order valence-electron chi connectivity index (χ0n) is 14.6. The van der Waals surface area contributed by atoms with Crippen LogP contribution in [0.4, 0.5) is 17.1 Å². The van der Waals surface area contributed by atoms with Crippen LogP contribution in [0.3, 0.4) is 0 Å². The number of hydrogen-bond donors (Lipinski definition) is 1. The van der Waals surface area contributed by atoms with Gasteiger partial charge in [0.15, 0.2) is 5.69 Å². The van der Waals surface area contributed by atoms with Gasteiger partial charge in [0, 0.05) is 17.7 Å². The van der Waals surface area contributed by atoms with Gasteiger partial charge >= 0.3 is 0 Å². The van der Waals surface area contributed by atoms with E-state index in [2.05, 4.69) is 10.2 Å². The SMILES string of the molecule is Cc1c(C#N)c(O)n(Cc2ccco2)c(=O)c1N=Nc1cccc([N+](=O)[O-])c1. The van der Waals surface area contributed by atoms with Gasteiger partial charge in [-0.25, -0.2) is 0 Å². The van der Waals surface area contributed by atoms with Crippen molar-refractivity contribution < 1.29 is 14.4 Å². The molecule has 0 amide bonds. The first-order valence-electron chi connectivity index (χ1n) is 7.97. The minimum Gasteiger partial charge on any atom is -0.493 e. The van der Waals surface area contributed by atoms with Gasteiger partial charge in [-0.3, -0.25) is 19.5 Å². The summed E-state index contributed by atoms with van der Waals surface area (Å²) in [6.07, 6.45) is 1.42. The third-order valence-electron chi connectivity index (χ3n) is 3.97. The van der Waals surface area contributed by atoms with Crippen LogP contribution in [0.25, 0.3) is 0 Å². The Labute approximate surface area is 157 Å². The molecule has 0 saturated heterocycles. The molecule has 0 radical (unpaired) electrons. The average molecular weight is 379 g/mol. The second-order valence-electron chi connectivity index (χ2n) is 5.73. The van der Waals surface area contributed by atoms with Gasteiger partial charge in [0.1, 0.15) is 17.4 Å². The van der Waals surface area contributed by atoms with Crippen LogP contribution in [0.5, 0.6) is 5.88 Å². The van der Waals surface area contributed by atoms with E-state index >= 15 is 0 Å². The fourth-order valence-corrected chi connectivity index (χ4v) is 2.54. The van der Waals surface area contributed by atoms with Crippen LogP contribution >= 0.6 is 0 Å². The first-order valence-corrected chi connectivity index (χ1v) is 7.97. The molecule has 10 heteroatoms. The molecule has 140 valence electrons. The lowest BCUT2D eigenvalue weighted by molar-refractivity contribution is -0.384. The summed E-state index contributed by atoms with van der Waals surface area (Å²) in [7, 11) is 0. The lowest BCUT2D eigenvalue weighted by Gasteiger charge is -2.11. The fourth-order valence-electron chi connectivity index (χ4n) is 2.54. The summed E-state index contributed by atoms with van der Waals surface area (Å²) in [5.41, 5.74) is -0.829. The van der Waals surface area contributed by atoms with Crippen molar-refractivity contribution in [3.8, 4) is 11.9 Å². The summed E-state index contributed by atoms with van der Waals surface area (Å²) < 4.78 is 6.13. The van der Waals surface area contributed by atoms with Gasteiger partial charge in [-0.05, 0) is 25.1 Å². The molecule has 10 nitrogen and oxygen atoms in total. The van der Waals surface area contributed by atoms with E-state index < -0.39 is 16.4 Å². The molecule has 3 rings (SSSR count). The van der Waals surface area contributed by atoms with E-state index in [1.807, 2.05) is 6.07 Å². The van der Waals surface area contributed by atoms with Crippen molar-refractivity contribution in [2.75, 3.05) is 0 Å². The molecule has 0 spiro atoms. The first-order chi connectivity index (χ1) is 13.4. The molecular weight excluding hydrogens is 366 g/mol. The molecule has 0 aliphatic carbocycles. The predicted molar refractivity (Wildman–Crippen MR) is 96.9 cm³/mol.